The highest BCUT2D eigenvalue weighted by Crippen LogP contribution is 2.39. The Balaban J connectivity index is 1.58. The maximum atomic E-state index is 4.43. The third kappa shape index (κ3) is 2.20. The molecule has 0 aliphatic carbocycles. The predicted octanol–water partition coefficient (Wildman–Crippen LogP) is 2.12. The van der Waals surface area contributed by atoms with Gasteiger partial charge in [0.1, 0.15) is 5.82 Å². The van der Waals surface area contributed by atoms with Crippen LogP contribution < -0.4 is 10.2 Å². The zero-order chi connectivity index (χ0) is 14.1. The SMILES string of the molecule is c1ccc2c(c1)CNCC21CCN(c2cnccn2)CC1. The molecule has 21 heavy (non-hydrogen) atoms. The summed E-state index contributed by atoms with van der Waals surface area (Å²) in [6.45, 7) is 4.20. The van der Waals surface area contributed by atoms with Crippen LogP contribution in [0.5, 0.6) is 0 Å². The number of fused-ring (bicyclic) bond motifs is 2. The van der Waals surface area contributed by atoms with Gasteiger partial charge in [-0.3, -0.25) is 4.98 Å². The molecule has 1 spiro atoms. The largest absolute Gasteiger partial charge is 0.355 e. The molecule has 0 atom stereocenters. The Morgan fingerprint density at radius 2 is 1.95 bits per heavy atom. The number of benzene rings is 1. The van der Waals surface area contributed by atoms with Gasteiger partial charge >= 0.3 is 0 Å². The van der Waals surface area contributed by atoms with Gasteiger partial charge in [-0.05, 0) is 24.0 Å². The zero-order valence-corrected chi connectivity index (χ0v) is 12.1. The average Bonchev–Trinajstić information content (AvgIpc) is 2.57. The number of rotatable bonds is 1. The van der Waals surface area contributed by atoms with Crippen molar-refractivity contribution in [3.8, 4) is 0 Å². The summed E-state index contributed by atoms with van der Waals surface area (Å²) in [6, 6.07) is 8.92. The molecular formula is C17H20N4. The fourth-order valence-electron chi connectivity index (χ4n) is 3.79. The first kappa shape index (κ1) is 12.8. The van der Waals surface area contributed by atoms with Crippen LogP contribution in [0.25, 0.3) is 0 Å². The lowest BCUT2D eigenvalue weighted by molar-refractivity contribution is 0.295. The minimum absolute atomic E-state index is 0.299. The minimum atomic E-state index is 0.299. The number of piperidine rings is 1. The second-order valence-corrected chi connectivity index (χ2v) is 6.09. The molecular weight excluding hydrogens is 260 g/mol. The van der Waals surface area contributed by atoms with Crippen molar-refractivity contribution < 1.29 is 0 Å². The van der Waals surface area contributed by atoms with Gasteiger partial charge in [-0.2, -0.15) is 0 Å². The van der Waals surface area contributed by atoms with E-state index in [1.807, 2.05) is 6.20 Å². The number of aromatic nitrogens is 2. The molecule has 0 bridgehead atoms. The molecule has 3 heterocycles. The van der Waals surface area contributed by atoms with Crippen LogP contribution in [0, 0.1) is 0 Å². The van der Waals surface area contributed by atoms with Crippen molar-refractivity contribution in [3.05, 3.63) is 54.0 Å². The van der Waals surface area contributed by atoms with E-state index >= 15 is 0 Å². The Hall–Kier alpha value is -1.94. The molecule has 2 aromatic rings. The highest BCUT2D eigenvalue weighted by atomic mass is 15.2. The average molecular weight is 280 g/mol. The summed E-state index contributed by atoms with van der Waals surface area (Å²) in [5.41, 5.74) is 3.33. The summed E-state index contributed by atoms with van der Waals surface area (Å²) in [4.78, 5) is 11.0. The molecule has 2 aliphatic rings. The van der Waals surface area contributed by atoms with E-state index < -0.39 is 0 Å². The van der Waals surface area contributed by atoms with Gasteiger partial charge in [-0.1, -0.05) is 24.3 Å². The molecule has 0 unspecified atom stereocenters. The van der Waals surface area contributed by atoms with Crippen molar-refractivity contribution in [3.63, 3.8) is 0 Å². The van der Waals surface area contributed by atoms with Crippen LogP contribution in [0.4, 0.5) is 5.82 Å². The number of hydrogen-bond acceptors (Lipinski definition) is 4. The summed E-state index contributed by atoms with van der Waals surface area (Å²) in [5, 5.41) is 3.61. The van der Waals surface area contributed by atoms with Crippen LogP contribution in [0.1, 0.15) is 24.0 Å². The number of nitrogens with one attached hydrogen (secondary N) is 1. The maximum Gasteiger partial charge on any atom is 0.147 e. The fraction of sp³-hybridized carbons (Fsp3) is 0.412. The van der Waals surface area contributed by atoms with Crippen molar-refractivity contribution in [2.75, 3.05) is 24.5 Å². The van der Waals surface area contributed by atoms with Gasteiger partial charge in [0.25, 0.3) is 0 Å². The lowest BCUT2D eigenvalue weighted by Crippen LogP contribution is -2.50. The first-order chi connectivity index (χ1) is 10.4. The Morgan fingerprint density at radius 1 is 1.10 bits per heavy atom. The fourth-order valence-corrected chi connectivity index (χ4v) is 3.79. The standard InChI is InChI=1S/C17H20N4/c1-2-4-15-14(3-1)11-19-13-17(15)5-9-21(10-6-17)16-12-18-7-8-20-16/h1-4,7-8,12,19H,5-6,9-11,13H2. The van der Waals surface area contributed by atoms with Crippen LogP contribution in [0.2, 0.25) is 0 Å². The maximum absolute atomic E-state index is 4.43. The molecule has 0 amide bonds. The number of hydrogen-bond donors (Lipinski definition) is 1. The van der Waals surface area contributed by atoms with E-state index in [-0.39, 0.29) is 0 Å². The van der Waals surface area contributed by atoms with Crippen molar-refractivity contribution in [2.45, 2.75) is 24.8 Å². The summed E-state index contributed by atoms with van der Waals surface area (Å²) in [5.74, 6) is 1.00. The normalized spacial score (nSPS) is 20.3. The van der Waals surface area contributed by atoms with Crippen LogP contribution in [0.15, 0.2) is 42.9 Å². The highest BCUT2D eigenvalue weighted by Gasteiger charge is 2.39. The molecule has 1 fully saturated rings. The summed E-state index contributed by atoms with van der Waals surface area (Å²) < 4.78 is 0. The molecule has 4 nitrogen and oxygen atoms in total. The molecule has 4 heteroatoms. The van der Waals surface area contributed by atoms with Gasteiger partial charge in [0.15, 0.2) is 0 Å². The second kappa shape index (κ2) is 5.11. The van der Waals surface area contributed by atoms with Crippen LogP contribution in [0.3, 0.4) is 0 Å². The molecule has 4 rings (SSSR count). The zero-order valence-electron chi connectivity index (χ0n) is 12.1. The van der Waals surface area contributed by atoms with Gasteiger partial charge in [-0.25, -0.2) is 4.98 Å². The molecule has 2 aliphatic heterocycles. The second-order valence-electron chi connectivity index (χ2n) is 6.09. The smallest absolute Gasteiger partial charge is 0.147 e. The van der Waals surface area contributed by atoms with Crippen LogP contribution >= 0.6 is 0 Å². The highest BCUT2D eigenvalue weighted by molar-refractivity contribution is 5.41. The van der Waals surface area contributed by atoms with E-state index in [9.17, 15) is 0 Å². The number of anilines is 1. The van der Waals surface area contributed by atoms with E-state index in [1.54, 1.807) is 18.0 Å². The van der Waals surface area contributed by atoms with E-state index in [1.165, 1.54) is 18.4 Å². The van der Waals surface area contributed by atoms with Crippen molar-refractivity contribution >= 4 is 5.82 Å². The predicted molar refractivity (Wildman–Crippen MR) is 83.3 cm³/mol. The molecule has 1 saturated heterocycles. The van der Waals surface area contributed by atoms with E-state index in [0.29, 0.717) is 5.41 Å². The molecule has 108 valence electrons. The van der Waals surface area contributed by atoms with Gasteiger partial charge in [0.05, 0.1) is 6.20 Å². The van der Waals surface area contributed by atoms with Gasteiger partial charge in [-0.15, -0.1) is 0 Å². The molecule has 1 N–H and O–H groups in total. The van der Waals surface area contributed by atoms with Gasteiger partial charge in [0, 0.05) is 44.0 Å². The topological polar surface area (TPSA) is 41.0 Å². The Morgan fingerprint density at radius 3 is 2.76 bits per heavy atom. The molecule has 1 aromatic heterocycles. The minimum Gasteiger partial charge on any atom is -0.355 e. The molecule has 0 radical (unpaired) electrons. The van der Waals surface area contributed by atoms with Crippen LogP contribution in [-0.2, 0) is 12.0 Å². The first-order valence-corrected chi connectivity index (χ1v) is 7.67. The third-order valence-corrected chi connectivity index (χ3v) is 4.96. The van der Waals surface area contributed by atoms with Gasteiger partial charge < -0.3 is 10.2 Å². The monoisotopic (exact) mass is 280 g/mol. The van der Waals surface area contributed by atoms with Gasteiger partial charge in [0.2, 0.25) is 0 Å². The first-order valence-electron chi connectivity index (χ1n) is 7.67. The lowest BCUT2D eigenvalue weighted by Gasteiger charge is -2.45. The Kier molecular flexibility index (Phi) is 3.11. The quantitative estimate of drug-likeness (QED) is 0.869. The summed E-state index contributed by atoms with van der Waals surface area (Å²) >= 11 is 0. The number of nitrogens with zero attached hydrogens (tertiary/aromatic N) is 3. The Bertz CT molecular complexity index is 618. The van der Waals surface area contributed by atoms with E-state index in [2.05, 4.69) is 44.5 Å². The van der Waals surface area contributed by atoms with Crippen molar-refractivity contribution in [1.82, 2.24) is 15.3 Å². The lowest BCUT2D eigenvalue weighted by atomic mass is 9.69. The summed E-state index contributed by atoms with van der Waals surface area (Å²) in [6.07, 6.45) is 7.72. The Labute approximate surface area is 125 Å². The molecule has 0 saturated carbocycles. The van der Waals surface area contributed by atoms with Crippen molar-refractivity contribution in [1.29, 1.82) is 0 Å². The van der Waals surface area contributed by atoms with E-state index in [4.69, 9.17) is 0 Å². The molecule has 1 aromatic carbocycles. The van der Waals surface area contributed by atoms with Crippen LogP contribution in [-0.4, -0.2) is 29.6 Å². The van der Waals surface area contributed by atoms with Crippen molar-refractivity contribution in [2.24, 2.45) is 0 Å². The summed E-state index contributed by atoms with van der Waals surface area (Å²) in [7, 11) is 0. The van der Waals surface area contributed by atoms with E-state index in [0.717, 1.165) is 32.0 Å². The third-order valence-electron chi connectivity index (χ3n) is 4.96.